The van der Waals surface area contributed by atoms with Crippen molar-refractivity contribution in [2.75, 3.05) is 0 Å². The van der Waals surface area contributed by atoms with E-state index in [2.05, 4.69) is 0 Å². The van der Waals surface area contributed by atoms with E-state index in [9.17, 15) is 0 Å². The molecule has 1 aromatic carbocycles. The lowest BCUT2D eigenvalue weighted by Crippen LogP contribution is -1.70. The first kappa shape index (κ1) is 10.8. The molecule has 0 atom stereocenters. The van der Waals surface area contributed by atoms with E-state index in [-0.39, 0.29) is 16.2 Å². The van der Waals surface area contributed by atoms with Crippen LogP contribution in [0.3, 0.4) is 0 Å². The molecule has 0 spiro atoms. The minimum atomic E-state index is -0.0592. The SMILES string of the molecule is O.Oc1cc(Cl)c(Cl)cc1Cl. The van der Waals surface area contributed by atoms with Crippen molar-refractivity contribution in [1.29, 1.82) is 0 Å². The van der Waals surface area contributed by atoms with Gasteiger partial charge in [0.15, 0.2) is 0 Å². The summed E-state index contributed by atoms with van der Waals surface area (Å²) in [4.78, 5) is 0. The lowest BCUT2D eigenvalue weighted by molar-refractivity contribution is 0.475. The molecule has 0 saturated heterocycles. The van der Waals surface area contributed by atoms with Gasteiger partial charge in [0.1, 0.15) is 5.75 Å². The average molecular weight is 215 g/mol. The highest BCUT2D eigenvalue weighted by Crippen LogP contribution is 2.32. The molecule has 0 fully saturated rings. The van der Waals surface area contributed by atoms with Crippen molar-refractivity contribution in [2.24, 2.45) is 0 Å². The van der Waals surface area contributed by atoms with Gasteiger partial charge in [0.05, 0.1) is 15.1 Å². The van der Waals surface area contributed by atoms with E-state index >= 15 is 0 Å². The van der Waals surface area contributed by atoms with Crippen LogP contribution in [0.4, 0.5) is 0 Å². The zero-order valence-electron chi connectivity index (χ0n) is 5.24. The first-order chi connectivity index (χ1) is 4.61. The molecular formula is C6H5Cl3O2. The van der Waals surface area contributed by atoms with Crippen molar-refractivity contribution in [3.63, 3.8) is 0 Å². The molecule has 0 amide bonds. The maximum atomic E-state index is 8.95. The molecule has 11 heavy (non-hydrogen) atoms. The molecule has 0 unspecified atom stereocenters. The van der Waals surface area contributed by atoms with Gasteiger partial charge < -0.3 is 10.6 Å². The van der Waals surface area contributed by atoms with E-state index in [0.717, 1.165) is 0 Å². The van der Waals surface area contributed by atoms with E-state index in [1.807, 2.05) is 0 Å². The first-order valence-electron chi connectivity index (χ1n) is 2.45. The topological polar surface area (TPSA) is 51.7 Å². The fourth-order valence-electron chi connectivity index (χ4n) is 0.512. The van der Waals surface area contributed by atoms with E-state index < -0.39 is 0 Å². The van der Waals surface area contributed by atoms with Gasteiger partial charge >= 0.3 is 0 Å². The number of phenolic OH excluding ortho intramolecular Hbond substituents is 1. The maximum Gasteiger partial charge on any atom is 0.135 e. The van der Waals surface area contributed by atoms with Crippen LogP contribution < -0.4 is 0 Å². The molecule has 3 N–H and O–H groups in total. The maximum absolute atomic E-state index is 8.95. The van der Waals surface area contributed by atoms with Crippen molar-refractivity contribution in [1.82, 2.24) is 0 Å². The first-order valence-corrected chi connectivity index (χ1v) is 3.58. The fraction of sp³-hybridized carbons (Fsp3) is 0. The molecule has 0 aromatic heterocycles. The second kappa shape index (κ2) is 4.02. The van der Waals surface area contributed by atoms with Crippen molar-refractivity contribution in [3.05, 3.63) is 27.2 Å². The molecule has 5 heteroatoms. The van der Waals surface area contributed by atoms with E-state index in [0.29, 0.717) is 10.0 Å². The monoisotopic (exact) mass is 214 g/mol. The average Bonchev–Trinajstić information content (AvgIpc) is 1.84. The minimum absolute atomic E-state index is 0. The van der Waals surface area contributed by atoms with Crippen molar-refractivity contribution in [2.45, 2.75) is 0 Å². The van der Waals surface area contributed by atoms with Gasteiger partial charge in [-0.2, -0.15) is 0 Å². The Hall–Kier alpha value is -0.150. The van der Waals surface area contributed by atoms with Gasteiger partial charge in [0, 0.05) is 6.07 Å². The highest BCUT2D eigenvalue weighted by molar-refractivity contribution is 6.43. The van der Waals surface area contributed by atoms with Gasteiger partial charge in [-0.05, 0) is 6.07 Å². The minimum Gasteiger partial charge on any atom is -0.506 e. The Labute approximate surface area is 78.6 Å². The Bertz CT molecular complexity index is 212. The number of halogens is 3. The van der Waals surface area contributed by atoms with Crippen LogP contribution in [0.2, 0.25) is 15.1 Å². The van der Waals surface area contributed by atoms with E-state index in [4.69, 9.17) is 39.9 Å². The Kier molecular flexibility index (Phi) is 3.97. The van der Waals surface area contributed by atoms with Crippen LogP contribution in [0, 0.1) is 0 Å². The van der Waals surface area contributed by atoms with Gasteiger partial charge in [0.25, 0.3) is 0 Å². The van der Waals surface area contributed by atoms with Gasteiger partial charge in [-0.1, -0.05) is 34.8 Å². The Balaban J connectivity index is 0.000001000. The van der Waals surface area contributed by atoms with Crippen molar-refractivity contribution >= 4 is 34.8 Å². The predicted octanol–water partition coefficient (Wildman–Crippen LogP) is 2.53. The summed E-state index contributed by atoms with van der Waals surface area (Å²) in [6.45, 7) is 0. The summed E-state index contributed by atoms with van der Waals surface area (Å²) in [5, 5.41) is 9.79. The lowest BCUT2D eigenvalue weighted by atomic mass is 10.3. The molecule has 0 saturated carbocycles. The van der Waals surface area contributed by atoms with Crippen LogP contribution in [-0.4, -0.2) is 10.6 Å². The summed E-state index contributed by atoms with van der Waals surface area (Å²) in [5.41, 5.74) is 0. The van der Waals surface area contributed by atoms with Crippen LogP contribution >= 0.6 is 34.8 Å². The molecule has 0 aliphatic heterocycles. The van der Waals surface area contributed by atoms with Crippen LogP contribution in [-0.2, 0) is 0 Å². The second-order valence-corrected chi connectivity index (χ2v) is 2.94. The van der Waals surface area contributed by atoms with Crippen LogP contribution in [0.1, 0.15) is 0 Å². The summed E-state index contributed by atoms with van der Waals surface area (Å²) < 4.78 is 0. The number of benzene rings is 1. The molecular weight excluding hydrogens is 210 g/mol. The largest absolute Gasteiger partial charge is 0.506 e. The summed E-state index contributed by atoms with van der Waals surface area (Å²) in [6, 6.07) is 2.69. The van der Waals surface area contributed by atoms with Crippen LogP contribution in [0.5, 0.6) is 5.75 Å². The van der Waals surface area contributed by atoms with Crippen molar-refractivity contribution < 1.29 is 10.6 Å². The van der Waals surface area contributed by atoms with Crippen molar-refractivity contribution in [3.8, 4) is 5.75 Å². The zero-order chi connectivity index (χ0) is 7.72. The summed E-state index contributed by atoms with van der Waals surface area (Å²) in [7, 11) is 0. The van der Waals surface area contributed by atoms with E-state index in [1.54, 1.807) is 0 Å². The van der Waals surface area contributed by atoms with Gasteiger partial charge in [-0.3, -0.25) is 0 Å². The molecule has 1 rings (SSSR count). The zero-order valence-corrected chi connectivity index (χ0v) is 7.50. The molecule has 0 aliphatic rings. The molecule has 0 aliphatic carbocycles. The van der Waals surface area contributed by atoms with Gasteiger partial charge in [-0.15, -0.1) is 0 Å². The smallest absolute Gasteiger partial charge is 0.135 e. The lowest BCUT2D eigenvalue weighted by Gasteiger charge is -1.97. The Morgan fingerprint density at radius 3 is 1.82 bits per heavy atom. The second-order valence-electron chi connectivity index (χ2n) is 1.72. The summed E-state index contributed by atoms with van der Waals surface area (Å²) in [6.07, 6.45) is 0. The molecule has 0 radical (unpaired) electrons. The molecule has 0 bridgehead atoms. The Morgan fingerprint density at radius 2 is 1.36 bits per heavy atom. The number of hydrogen-bond acceptors (Lipinski definition) is 1. The molecule has 2 nitrogen and oxygen atoms in total. The molecule has 62 valence electrons. The third-order valence-electron chi connectivity index (χ3n) is 0.990. The highest BCUT2D eigenvalue weighted by atomic mass is 35.5. The number of phenols is 1. The molecule has 0 heterocycles. The Morgan fingerprint density at radius 1 is 0.909 bits per heavy atom. The van der Waals surface area contributed by atoms with Crippen LogP contribution in [0.25, 0.3) is 0 Å². The van der Waals surface area contributed by atoms with E-state index in [1.165, 1.54) is 12.1 Å². The predicted molar refractivity (Wildman–Crippen MR) is 46.8 cm³/mol. The summed E-state index contributed by atoms with van der Waals surface area (Å²) >= 11 is 16.6. The highest BCUT2D eigenvalue weighted by Gasteiger charge is 2.02. The molecule has 1 aromatic rings. The number of rotatable bonds is 0. The van der Waals surface area contributed by atoms with Gasteiger partial charge in [-0.25, -0.2) is 0 Å². The normalized spacial score (nSPS) is 9.00. The van der Waals surface area contributed by atoms with Crippen LogP contribution in [0.15, 0.2) is 12.1 Å². The fourth-order valence-corrected chi connectivity index (χ4v) is 1.05. The number of hydrogen-bond donors (Lipinski definition) is 1. The van der Waals surface area contributed by atoms with Gasteiger partial charge in [0.2, 0.25) is 0 Å². The third-order valence-corrected chi connectivity index (χ3v) is 2.01. The quantitative estimate of drug-likeness (QED) is 0.664. The standard InChI is InChI=1S/C6H3Cl3O.H2O/c7-3-1-5(9)6(10)2-4(3)8;/h1-2,10H;1H2. The number of aromatic hydroxyl groups is 1. The third kappa shape index (κ3) is 2.42. The summed E-state index contributed by atoms with van der Waals surface area (Å²) in [5.74, 6) is -0.0592.